The molecule has 1 N–H and O–H groups in total. The van der Waals surface area contributed by atoms with Gasteiger partial charge in [-0.2, -0.15) is 5.70 Å². The molecule has 0 aliphatic heterocycles. The number of hydrogen-bond acceptors (Lipinski definition) is 0. The van der Waals surface area contributed by atoms with E-state index in [-0.39, 0.29) is 0 Å². The molecule has 0 fully saturated rings. The minimum absolute atomic E-state index is 0. The zero-order valence-electron chi connectivity index (χ0n) is 6.62. The van der Waals surface area contributed by atoms with Crippen LogP contribution in [0.3, 0.4) is 0 Å². The predicted molar refractivity (Wildman–Crippen MR) is 28.4 cm³/mol. The van der Waals surface area contributed by atoms with Crippen LogP contribution in [-0.2, 0) is 0 Å². The molecule has 0 aliphatic carbocycles. The molecular weight excluding hydrogens is 875 g/mol. The molecule has 0 heterocycles. The molecule has 9 heavy (non-hydrogen) atoms. The largest absolute Gasteiger partial charge is 0.702 e. The van der Waals surface area contributed by atoms with E-state index in [1.54, 1.807) is 6.92 Å². The Morgan fingerprint density at radius 1 is 0.889 bits per heavy atom. The number of allylic oxidation sites excluding steroid dienone is 2. The van der Waals surface area contributed by atoms with E-state index in [1.165, 1.54) is 0 Å². The molecule has 0 rings (SSSR count). The molecular formula is C5H10NRf3-. The maximum atomic E-state index is 6.91. The fourth-order valence-corrected chi connectivity index (χ4v) is 0. The molecule has 0 aliphatic rings. The average molecular weight is 885 g/mol. The van der Waals surface area contributed by atoms with Crippen LogP contribution in [0, 0.1) is 0 Å². The Morgan fingerprint density at radius 3 is 1.00 bits per heavy atom. The first-order valence-corrected chi connectivity index (χ1v) is 2.00. The minimum atomic E-state index is 0. The number of rotatable bonds is 0. The molecule has 0 aromatic heterocycles. The molecule has 4 heteroatoms. The molecule has 0 saturated carbocycles. The van der Waals surface area contributed by atoms with Crippen molar-refractivity contribution in [1.29, 1.82) is 0 Å². The standard InChI is InChI=1S/C5H10N.3Rf/c1-4(2)5(3)6;;;/h6H,1-3H3;;;/q-1;;;. The minimum Gasteiger partial charge on any atom is -0.702 e. The van der Waals surface area contributed by atoms with Gasteiger partial charge in [0.25, 0.3) is 0 Å². The molecule has 0 bridgehead atoms. The summed E-state index contributed by atoms with van der Waals surface area (Å²) < 4.78 is 0. The second kappa shape index (κ2) is 8.82. The third-order valence-corrected chi connectivity index (χ3v) is 0.750. The van der Waals surface area contributed by atoms with Crippen LogP contribution in [0.1, 0.15) is 20.8 Å². The fourth-order valence-electron chi connectivity index (χ4n) is 0. The smallest absolute Gasteiger partial charge is 0 e. The van der Waals surface area contributed by atoms with E-state index in [0.717, 1.165) is 5.57 Å². The van der Waals surface area contributed by atoms with Gasteiger partial charge in [-0.25, -0.2) is 0 Å². The zero-order valence-corrected chi connectivity index (χ0v) is 25.8. The van der Waals surface area contributed by atoms with Crippen molar-refractivity contribution < 1.29 is 0 Å². The average Bonchev–Trinajstić information content (AvgIpc) is 1.36. The van der Waals surface area contributed by atoms with Gasteiger partial charge in [0.1, 0.15) is 0 Å². The summed E-state index contributed by atoms with van der Waals surface area (Å²) >= 11 is 0. The molecule has 0 spiro atoms. The van der Waals surface area contributed by atoms with Crippen LogP contribution in [0.5, 0.6) is 0 Å². The van der Waals surface area contributed by atoms with Gasteiger partial charge in [-0.15, -0.1) is 0 Å². The molecule has 0 atom stereocenters. The van der Waals surface area contributed by atoms with Crippen molar-refractivity contribution in [3.05, 3.63) is 17.0 Å². The summed E-state index contributed by atoms with van der Waals surface area (Å²) in [5.74, 6) is 0. The van der Waals surface area contributed by atoms with Gasteiger partial charge in [-0.3, -0.25) is 0 Å². The molecule has 1 nitrogen and oxygen atoms in total. The van der Waals surface area contributed by atoms with Gasteiger partial charge >= 0.3 is 0 Å². The van der Waals surface area contributed by atoms with Crippen LogP contribution < -0.4 is 0 Å². The first-order chi connectivity index (χ1) is 2.64. The zero-order chi connectivity index (χ0) is 5.15. The van der Waals surface area contributed by atoms with Gasteiger partial charge < -0.3 is 5.73 Å². The van der Waals surface area contributed by atoms with Gasteiger partial charge in [0.2, 0.25) is 0 Å². The van der Waals surface area contributed by atoms with E-state index in [4.69, 9.17) is 5.73 Å². The SMILES string of the molecule is CC(C)=C(C)[NH-].[Rf].[Rf].[Rf]. The first kappa shape index (κ1) is 48.1. The second-order valence-corrected chi connectivity index (χ2v) is 1.62. The Bertz CT molecular complexity index is 62.3. The topological polar surface area (TPSA) is 23.8 Å². The van der Waals surface area contributed by atoms with Crippen molar-refractivity contribution in [2.24, 2.45) is 0 Å². The third kappa shape index (κ3) is 100. The van der Waals surface area contributed by atoms with Crippen molar-refractivity contribution in [2.45, 2.75) is 20.8 Å². The van der Waals surface area contributed by atoms with E-state index in [0.29, 0.717) is 5.70 Å². The Hall–Kier alpha value is -3.46. The Morgan fingerprint density at radius 2 is 1.00 bits per heavy atom. The summed E-state index contributed by atoms with van der Waals surface area (Å²) in [6, 6.07) is 0. The van der Waals surface area contributed by atoms with Crippen molar-refractivity contribution in [3.8, 4) is 0 Å². The van der Waals surface area contributed by atoms with Crippen LogP contribution in [0.2, 0.25) is 0 Å². The Labute approximate surface area is 38.8 Å². The van der Waals surface area contributed by atoms with Gasteiger partial charge in [0.05, 0.1) is 0 Å². The molecule has 0 radical (unpaired) electrons. The van der Waals surface area contributed by atoms with Crippen LogP contribution in [0.15, 0.2) is 11.3 Å². The summed E-state index contributed by atoms with van der Waals surface area (Å²) in [4.78, 5) is 0. The number of nitrogens with one attached hydrogen (secondary N) is 1. The summed E-state index contributed by atoms with van der Waals surface area (Å²) in [5, 5.41) is 0. The summed E-state index contributed by atoms with van der Waals surface area (Å²) in [7, 11) is 0. The molecule has 42 valence electrons. The van der Waals surface area contributed by atoms with E-state index in [2.05, 4.69) is 0 Å². The molecule has 0 aromatic rings. The van der Waals surface area contributed by atoms with Gasteiger partial charge in [0, 0.05) is 0 Å². The van der Waals surface area contributed by atoms with E-state index in [1.807, 2.05) is 13.8 Å². The van der Waals surface area contributed by atoms with Crippen LogP contribution in [0.4, 0.5) is 0 Å². The van der Waals surface area contributed by atoms with Crippen LogP contribution in [0.25, 0.3) is 5.73 Å². The van der Waals surface area contributed by atoms with Gasteiger partial charge in [-0.05, 0) is 13.8 Å². The van der Waals surface area contributed by atoms with Crippen LogP contribution in [-0.4, -0.2) is 0 Å². The van der Waals surface area contributed by atoms with E-state index >= 15 is 0 Å². The normalized spacial score (nSPS) is 5.22. The molecule has 0 aromatic carbocycles. The Kier molecular flexibility index (Phi) is 47.2. The van der Waals surface area contributed by atoms with Crippen molar-refractivity contribution in [3.63, 3.8) is 0 Å². The maximum Gasteiger partial charge on any atom is 0 e. The third-order valence-electron chi connectivity index (χ3n) is 0.750. The quantitative estimate of drug-likeness (QED) is 0.358. The van der Waals surface area contributed by atoms with Crippen molar-refractivity contribution >= 4 is 0 Å². The maximum absolute atomic E-state index is 6.91. The van der Waals surface area contributed by atoms with Gasteiger partial charge in [-0.1, -0.05) is 12.5 Å². The molecule has 0 amide bonds. The summed E-state index contributed by atoms with van der Waals surface area (Å²) in [5.41, 5.74) is 8.68. The van der Waals surface area contributed by atoms with Crippen molar-refractivity contribution in [1.82, 2.24) is 0 Å². The van der Waals surface area contributed by atoms with Gasteiger partial charge in [0.15, 0.2) is 0 Å². The predicted octanol–water partition coefficient (Wildman–Crippen LogP) is 2.35. The Balaban J connectivity index is -0.0000000417. The van der Waals surface area contributed by atoms with Crippen LogP contribution >= 0.6 is 0 Å². The summed E-state index contributed by atoms with van der Waals surface area (Å²) in [6.45, 7) is 5.65. The molecule has 0 saturated heterocycles. The second-order valence-electron chi connectivity index (χ2n) is 1.62. The fraction of sp³-hybridized carbons (Fsp3) is 0.600. The van der Waals surface area contributed by atoms with Crippen molar-refractivity contribution in [2.75, 3.05) is 0 Å². The first-order valence-electron chi connectivity index (χ1n) is 2.00. The monoisotopic (exact) mass is 885 g/mol. The number of hydrogen-bond donors (Lipinski definition) is 0. The molecule has 0 unspecified atom stereocenters. The summed E-state index contributed by atoms with van der Waals surface area (Å²) in [6.07, 6.45) is 0. The van der Waals surface area contributed by atoms with E-state index in [9.17, 15) is 0 Å². The van der Waals surface area contributed by atoms with E-state index < -0.39 is 0 Å².